The molecule has 3 rings (SSSR count). The second-order valence-electron chi connectivity index (χ2n) is 7.33. The van der Waals surface area contributed by atoms with E-state index in [9.17, 15) is 22.8 Å². The third-order valence-electron chi connectivity index (χ3n) is 4.91. The Labute approximate surface area is 183 Å². The topological polar surface area (TPSA) is 62.3 Å². The maximum absolute atomic E-state index is 13.3. The molecule has 1 unspecified atom stereocenters. The van der Waals surface area contributed by atoms with Gasteiger partial charge in [0, 0.05) is 25.4 Å². The lowest BCUT2D eigenvalue weighted by atomic mass is 10.0. The highest BCUT2D eigenvalue weighted by Gasteiger charge is 2.33. The zero-order valence-corrected chi connectivity index (χ0v) is 17.6. The van der Waals surface area contributed by atoms with E-state index >= 15 is 0 Å². The van der Waals surface area contributed by atoms with Gasteiger partial charge in [-0.1, -0.05) is 42.5 Å². The lowest BCUT2D eigenvalue weighted by Gasteiger charge is -2.30. The summed E-state index contributed by atoms with van der Waals surface area (Å²) >= 11 is 0. The third-order valence-corrected chi connectivity index (χ3v) is 4.91. The molecule has 166 valence electrons. The molecule has 5 nitrogen and oxygen atoms in total. The molecular weight excluding hydrogens is 419 g/mol. The zero-order valence-electron chi connectivity index (χ0n) is 17.6. The van der Waals surface area contributed by atoms with Crippen LogP contribution in [0.1, 0.15) is 47.1 Å². The molecule has 0 aliphatic carbocycles. The molecule has 3 aromatic rings. The zero-order chi connectivity index (χ0) is 23.3. The molecule has 1 aromatic heterocycles. The van der Waals surface area contributed by atoms with Gasteiger partial charge in [-0.3, -0.25) is 14.6 Å². The third kappa shape index (κ3) is 5.72. The summed E-state index contributed by atoms with van der Waals surface area (Å²) in [5.74, 6) is -0.671. The molecule has 0 bridgehead atoms. The summed E-state index contributed by atoms with van der Waals surface area (Å²) in [4.78, 5) is 29.7. The van der Waals surface area contributed by atoms with Gasteiger partial charge < -0.3 is 10.2 Å². The first-order valence-corrected chi connectivity index (χ1v) is 9.91. The summed E-state index contributed by atoms with van der Waals surface area (Å²) in [6.07, 6.45) is -3.63. The van der Waals surface area contributed by atoms with E-state index in [1.807, 2.05) is 43.3 Å². The molecule has 8 heteroatoms. The number of hydrogen-bond donors (Lipinski definition) is 1. The fraction of sp³-hybridized carbons (Fsp3) is 0.208. The highest BCUT2D eigenvalue weighted by molar-refractivity contribution is 5.94. The van der Waals surface area contributed by atoms with Crippen molar-refractivity contribution in [2.75, 3.05) is 5.32 Å². The Kier molecular flexibility index (Phi) is 6.92. The molecule has 0 saturated heterocycles. The summed E-state index contributed by atoms with van der Waals surface area (Å²) in [6, 6.07) is 17.9. The van der Waals surface area contributed by atoms with Gasteiger partial charge in [0.25, 0.3) is 5.91 Å². The largest absolute Gasteiger partial charge is 0.433 e. The highest BCUT2D eigenvalue weighted by Crippen LogP contribution is 2.29. The summed E-state index contributed by atoms with van der Waals surface area (Å²) in [5, 5.41) is 2.71. The summed E-state index contributed by atoms with van der Waals surface area (Å²) < 4.78 is 38.6. The van der Waals surface area contributed by atoms with Crippen LogP contribution in [0.2, 0.25) is 0 Å². The van der Waals surface area contributed by atoms with E-state index in [1.165, 1.54) is 6.92 Å². The van der Waals surface area contributed by atoms with Crippen molar-refractivity contribution in [1.29, 1.82) is 0 Å². The van der Waals surface area contributed by atoms with Gasteiger partial charge >= 0.3 is 6.18 Å². The maximum Gasteiger partial charge on any atom is 0.433 e. The standard InChI is InChI=1S/C24H22F3N3O2/c1-16(19-9-6-10-21(13-19)29-17(2)31)30(15-18-7-4-3-5-8-18)23(32)20-11-12-22(28-14-20)24(25,26)27/h3-14,16H,15H2,1-2H3,(H,29,31). The van der Waals surface area contributed by atoms with E-state index in [0.717, 1.165) is 29.5 Å². The molecule has 0 aliphatic rings. The van der Waals surface area contributed by atoms with E-state index in [0.29, 0.717) is 5.69 Å². The predicted octanol–water partition coefficient (Wildman–Crippen LogP) is 5.46. The molecular formula is C24H22F3N3O2. The van der Waals surface area contributed by atoms with Gasteiger partial charge in [0.1, 0.15) is 5.69 Å². The number of carbonyl (C=O) groups excluding carboxylic acids is 2. The number of anilines is 1. The number of aromatic nitrogens is 1. The first kappa shape index (κ1) is 23.0. The lowest BCUT2D eigenvalue weighted by Crippen LogP contribution is -2.33. The van der Waals surface area contributed by atoms with Crippen molar-refractivity contribution < 1.29 is 22.8 Å². The van der Waals surface area contributed by atoms with Crippen molar-refractivity contribution in [2.24, 2.45) is 0 Å². The number of pyridine rings is 1. The Morgan fingerprint density at radius 3 is 2.34 bits per heavy atom. The van der Waals surface area contributed by atoms with Crippen LogP contribution in [-0.4, -0.2) is 21.7 Å². The van der Waals surface area contributed by atoms with Gasteiger partial charge in [0.2, 0.25) is 5.91 Å². The highest BCUT2D eigenvalue weighted by atomic mass is 19.4. The number of carbonyl (C=O) groups is 2. The van der Waals surface area contributed by atoms with Crippen LogP contribution in [0.3, 0.4) is 0 Å². The van der Waals surface area contributed by atoms with Gasteiger partial charge in [0.15, 0.2) is 0 Å². The van der Waals surface area contributed by atoms with E-state index in [2.05, 4.69) is 10.3 Å². The van der Waals surface area contributed by atoms with E-state index in [1.54, 1.807) is 23.1 Å². The van der Waals surface area contributed by atoms with Gasteiger partial charge in [-0.15, -0.1) is 0 Å². The normalized spacial score (nSPS) is 12.2. The summed E-state index contributed by atoms with van der Waals surface area (Å²) in [7, 11) is 0. The maximum atomic E-state index is 13.3. The number of nitrogens with zero attached hydrogens (tertiary/aromatic N) is 2. The Morgan fingerprint density at radius 2 is 1.75 bits per heavy atom. The molecule has 1 atom stereocenters. The van der Waals surface area contributed by atoms with Crippen molar-refractivity contribution in [3.63, 3.8) is 0 Å². The number of hydrogen-bond acceptors (Lipinski definition) is 3. The van der Waals surface area contributed by atoms with E-state index in [-0.39, 0.29) is 18.0 Å². The molecule has 2 amide bonds. The van der Waals surface area contributed by atoms with Gasteiger partial charge in [-0.25, -0.2) is 0 Å². The molecule has 1 heterocycles. The minimum atomic E-state index is -4.58. The van der Waals surface area contributed by atoms with Crippen LogP contribution in [0, 0.1) is 0 Å². The number of nitrogens with one attached hydrogen (secondary N) is 1. The molecule has 1 N–H and O–H groups in total. The first-order valence-electron chi connectivity index (χ1n) is 9.91. The second kappa shape index (κ2) is 9.64. The van der Waals surface area contributed by atoms with Crippen LogP contribution in [0.5, 0.6) is 0 Å². The first-order chi connectivity index (χ1) is 15.1. The predicted molar refractivity (Wildman–Crippen MR) is 115 cm³/mol. The monoisotopic (exact) mass is 441 g/mol. The molecule has 0 radical (unpaired) electrons. The molecule has 32 heavy (non-hydrogen) atoms. The quantitative estimate of drug-likeness (QED) is 0.552. The number of benzene rings is 2. The van der Waals surface area contributed by atoms with Crippen molar-refractivity contribution in [3.8, 4) is 0 Å². The van der Waals surface area contributed by atoms with Gasteiger partial charge in [-0.05, 0) is 42.3 Å². The average molecular weight is 441 g/mol. The number of amides is 2. The van der Waals surface area contributed by atoms with Crippen LogP contribution in [0.25, 0.3) is 0 Å². The van der Waals surface area contributed by atoms with Crippen LogP contribution >= 0.6 is 0 Å². The molecule has 2 aromatic carbocycles. The Hall–Kier alpha value is -3.68. The van der Waals surface area contributed by atoms with Crippen molar-refractivity contribution in [1.82, 2.24) is 9.88 Å². The number of rotatable bonds is 6. The van der Waals surface area contributed by atoms with E-state index in [4.69, 9.17) is 0 Å². The van der Waals surface area contributed by atoms with Crippen molar-refractivity contribution in [3.05, 3.63) is 95.3 Å². The van der Waals surface area contributed by atoms with Crippen LogP contribution < -0.4 is 5.32 Å². The summed E-state index contributed by atoms with van der Waals surface area (Å²) in [5.41, 5.74) is 1.22. The Morgan fingerprint density at radius 1 is 1.03 bits per heavy atom. The Balaban J connectivity index is 1.94. The minimum absolute atomic E-state index is 0.0544. The molecule has 0 spiro atoms. The van der Waals surface area contributed by atoms with E-state index < -0.39 is 23.8 Å². The Bertz CT molecular complexity index is 1080. The fourth-order valence-corrected chi connectivity index (χ4v) is 3.28. The van der Waals surface area contributed by atoms with Crippen molar-refractivity contribution in [2.45, 2.75) is 32.6 Å². The average Bonchev–Trinajstić information content (AvgIpc) is 2.76. The smallest absolute Gasteiger partial charge is 0.328 e. The van der Waals surface area contributed by atoms with Crippen molar-refractivity contribution >= 4 is 17.5 Å². The van der Waals surface area contributed by atoms with Gasteiger partial charge in [-0.2, -0.15) is 13.2 Å². The number of alkyl halides is 3. The summed E-state index contributed by atoms with van der Waals surface area (Å²) in [6.45, 7) is 3.47. The molecule has 0 saturated carbocycles. The fourth-order valence-electron chi connectivity index (χ4n) is 3.28. The minimum Gasteiger partial charge on any atom is -0.328 e. The molecule has 0 fully saturated rings. The lowest BCUT2D eigenvalue weighted by molar-refractivity contribution is -0.141. The van der Waals surface area contributed by atoms with Crippen LogP contribution in [0.4, 0.5) is 18.9 Å². The number of halogens is 3. The van der Waals surface area contributed by atoms with Crippen LogP contribution in [0.15, 0.2) is 72.9 Å². The second-order valence-corrected chi connectivity index (χ2v) is 7.33. The van der Waals surface area contributed by atoms with Crippen LogP contribution in [-0.2, 0) is 17.5 Å². The van der Waals surface area contributed by atoms with Gasteiger partial charge in [0.05, 0.1) is 11.6 Å². The molecule has 0 aliphatic heterocycles. The SMILES string of the molecule is CC(=O)Nc1cccc(C(C)N(Cc2ccccc2)C(=O)c2ccc(C(F)(F)F)nc2)c1.